The lowest BCUT2D eigenvalue weighted by Crippen LogP contribution is -2.43. The van der Waals surface area contributed by atoms with E-state index in [1.54, 1.807) is 12.4 Å². The lowest BCUT2D eigenvalue weighted by Gasteiger charge is -2.33. The molecule has 20 heavy (non-hydrogen) atoms. The number of morpholine rings is 1. The van der Waals surface area contributed by atoms with Crippen molar-refractivity contribution in [3.8, 4) is 0 Å². The molecule has 0 radical (unpaired) electrons. The number of benzene rings is 1. The van der Waals surface area contributed by atoms with Gasteiger partial charge in [0.2, 0.25) is 0 Å². The summed E-state index contributed by atoms with van der Waals surface area (Å²) in [6, 6.07) is 10.6. The van der Waals surface area contributed by atoms with Gasteiger partial charge in [-0.1, -0.05) is 30.3 Å². The smallest absolute Gasteiger partial charge is 0.147 e. The van der Waals surface area contributed by atoms with E-state index in [1.165, 1.54) is 5.56 Å². The number of ether oxygens (including phenoxy) is 1. The Bertz CT molecular complexity index is 518. The van der Waals surface area contributed by atoms with Crippen LogP contribution in [0.1, 0.15) is 12.0 Å². The van der Waals surface area contributed by atoms with Crippen LogP contribution in [0.4, 0.5) is 5.82 Å². The summed E-state index contributed by atoms with van der Waals surface area (Å²) in [5, 5.41) is 0. The summed E-state index contributed by atoms with van der Waals surface area (Å²) >= 11 is 0. The van der Waals surface area contributed by atoms with Gasteiger partial charge in [-0.05, 0) is 18.4 Å². The van der Waals surface area contributed by atoms with Crippen LogP contribution in [0.3, 0.4) is 0 Å². The minimum atomic E-state index is 0.269. The molecule has 4 nitrogen and oxygen atoms in total. The van der Waals surface area contributed by atoms with Crippen LogP contribution in [0.5, 0.6) is 0 Å². The van der Waals surface area contributed by atoms with Crippen LogP contribution in [0.15, 0.2) is 48.9 Å². The van der Waals surface area contributed by atoms with Gasteiger partial charge in [-0.25, -0.2) is 4.98 Å². The molecular weight excluding hydrogens is 250 g/mol. The minimum Gasteiger partial charge on any atom is -0.375 e. The van der Waals surface area contributed by atoms with Crippen LogP contribution < -0.4 is 4.90 Å². The Hall–Kier alpha value is -1.94. The van der Waals surface area contributed by atoms with Gasteiger partial charge >= 0.3 is 0 Å². The standard InChI is InChI=1S/C16H19N3O/c1-2-4-14(5-3-1)6-7-15-13-19(10-11-20-15)16-12-17-8-9-18-16/h1-5,8-9,12,15H,6-7,10-11,13H2. The summed E-state index contributed by atoms with van der Waals surface area (Å²) in [4.78, 5) is 10.8. The zero-order valence-corrected chi connectivity index (χ0v) is 11.5. The van der Waals surface area contributed by atoms with Crippen LogP contribution >= 0.6 is 0 Å². The Labute approximate surface area is 119 Å². The molecule has 2 aromatic rings. The summed E-state index contributed by atoms with van der Waals surface area (Å²) in [5.41, 5.74) is 1.37. The third-order valence-electron chi connectivity index (χ3n) is 3.61. The number of anilines is 1. The Morgan fingerprint density at radius 2 is 2.10 bits per heavy atom. The molecular formula is C16H19N3O. The highest BCUT2D eigenvalue weighted by atomic mass is 16.5. The van der Waals surface area contributed by atoms with Gasteiger partial charge in [0.15, 0.2) is 0 Å². The summed E-state index contributed by atoms with van der Waals surface area (Å²) in [5.74, 6) is 0.945. The van der Waals surface area contributed by atoms with Crippen molar-refractivity contribution in [2.24, 2.45) is 0 Å². The molecule has 1 aromatic carbocycles. The van der Waals surface area contributed by atoms with Gasteiger partial charge in [-0.15, -0.1) is 0 Å². The average molecular weight is 269 g/mol. The molecule has 3 rings (SSSR count). The van der Waals surface area contributed by atoms with E-state index in [0.29, 0.717) is 0 Å². The fraction of sp³-hybridized carbons (Fsp3) is 0.375. The predicted octanol–water partition coefficient (Wildman–Crippen LogP) is 2.31. The van der Waals surface area contributed by atoms with Crippen LogP contribution in [0.25, 0.3) is 0 Å². The second-order valence-corrected chi connectivity index (χ2v) is 5.03. The highest BCUT2D eigenvalue weighted by Gasteiger charge is 2.21. The lowest BCUT2D eigenvalue weighted by atomic mass is 10.1. The van der Waals surface area contributed by atoms with Crippen molar-refractivity contribution < 1.29 is 4.74 Å². The minimum absolute atomic E-state index is 0.269. The zero-order valence-electron chi connectivity index (χ0n) is 11.5. The second kappa shape index (κ2) is 6.48. The van der Waals surface area contributed by atoms with E-state index < -0.39 is 0 Å². The van der Waals surface area contributed by atoms with Crippen molar-refractivity contribution >= 4 is 5.82 Å². The van der Waals surface area contributed by atoms with Crippen molar-refractivity contribution in [2.75, 3.05) is 24.6 Å². The summed E-state index contributed by atoms with van der Waals surface area (Å²) in [6.45, 7) is 2.54. The van der Waals surface area contributed by atoms with Gasteiger partial charge < -0.3 is 9.64 Å². The Morgan fingerprint density at radius 3 is 2.90 bits per heavy atom. The largest absolute Gasteiger partial charge is 0.375 e. The number of hydrogen-bond acceptors (Lipinski definition) is 4. The molecule has 0 bridgehead atoms. The fourth-order valence-corrected chi connectivity index (χ4v) is 2.53. The van der Waals surface area contributed by atoms with Gasteiger partial charge in [0.25, 0.3) is 0 Å². The van der Waals surface area contributed by atoms with Crippen molar-refractivity contribution in [1.29, 1.82) is 0 Å². The third-order valence-corrected chi connectivity index (χ3v) is 3.61. The summed E-state index contributed by atoms with van der Waals surface area (Å²) in [7, 11) is 0. The second-order valence-electron chi connectivity index (χ2n) is 5.03. The number of aromatic nitrogens is 2. The molecule has 1 aliphatic heterocycles. The molecule has 1 atom stereocenters. The molecule has 0 saturated carbocycles. The van der Waals surface area contributed by atoms with E-state index in [0.717, 1.165) is 38.4 Å². The van der Waals surface area contributed by atoms with Crippen molar-refractivity contribution in [3.63, 3.8) is 0 Å². The molecule has 0 aliphatic carbocycles. The summed E-state index contributed by atoms with van der Waals surface area (Å²) in [6.07, 6.45) is 7.63. The van der Waals surface area contributed by atoms with E-state index in [9.17, 15) is 0 Å². The van der Waals surface area contributed by atoms with Crippen molar-refractivity contribution in [1.82, 2.24) is 9.97 Å². The van der Waals surface area contributed by atoms with E-state index in [4.69, 9.17) is 4.74 Å². The average Bonchev–Trinajstić information content (AvgIpc) is 2.55. The SMILES string of the molecule is c1ccc(CCC2CN(c3cnccn3)CCO2)cc1. The summed E-state index contributed by atoms with van der Waals surface area (Å²) < 4.78 is 5.86. The van der Waals surface area contributed by atoms with Crippen LogP contribution in [0, 0.1) is 0 Å². The number of rotatable bonds is 4. The molecule has 1 fully saturated rings. The van der Waals surface area contributed by atoms with Gasteiger partial charge in [0.05, 0.1) is 18.9 Å². The Balaban J connectivity index is 1.56. The molecule has 0 spiro atoms. The lowest BCUT2D eigenvalue weighted by molar-refractivity contribution is 0.0352. The Morgan fingerprint density at radius 1 is 1.20 bits per heavy atom. The first-order valence-electron chi connectivity index (χ1n) is 7.08. The maximum Gasteiger partial charge on any atom is 0.147 e. The monoisotopic (exact) mass is 269 g/mol. The molecule has 4 heteroatoms. The normalized spacial score (nSPS) is 19.0. The molecule has 2 heterocycles. The van der Waals surface area contributed by atoms with E-state index >= 15 is 0 Å². The topological polar surface area (TPSA) is 38.2 Å². The van der Waals surface area contributed by atoms with E-state index in [-0.39, 0.29) is 6.10 Å². The molecule has 1 aromatic heterocycles. The molecule has 1 saturated heterocycles. The first-order valence-corrected chi connectivity index (χ1v) is 7.08. The van der Waals surface area contributed by atoms with E-state index in [2.05, 4.69) is 45.2 Å². The maximum atomic E-state index is 5.86. The van der Waals surface area contributed by atoms with Gasteiger partial charge in [0, 0.05) is 25.5 Å². The van der Waals surface area contributed by atoms with Crippen LogP contribution in [-0.2, 0) is 11.2 Å². The number of hydrogen-bond donors (Lipinski definition) is 0. The van der Waals surface area contributed by atoms with E-state index in [1.807, 2.05) is 6.20 Å². The van der Waals surface area contributed by atoms with Gasteiger partial charge in [-0.2, -0.15) is 0 Å². The Kier molecular flexibility index (Phi) is 4.23. The first-order chi connectivity index (χ1) is 9.92. The quantitative estimate of drug-likeness (QED) is 0.853. The van der Waals surface area contributed by atoms with Gasteiger partial charge in [0.1, 0.15) is 5.82 Å². The molecule has 1 aliphatic rings. The predicted molar refractivity (Wildman–Crippen MR) is 78.7 cm³/mol. The molecule has 104 valence electrons. The highest BCUT2D eigenvalue weighted by Crippen LogP contribution is 2.16. The molecule has 0 amide bonds. The van der Waals surface area contributed by atoms with Crippen molar-refractivity contribution in [2.45, 2.75) is 18.9 Å². The molecule has 1 unspecified atom stereocenters. The van der Waals surface area contributed by atoms with Gasteiger partial charge in [-0.3, -0.25) is 4.98 Å². The van der Waals surface area contributed by atoms with Crippen molar-refractivity contribution in [3.05, 3.63) is 54.5 Å². The third kappa shape index (κ3) is 3.33. The first kappa shape index (κ1) is 13.1. The zero-order chi connectivity index (χ0) is 13.6. The molecule has 0 N–H and O–H groups in total. The van der Waals surface area contributed by atoms with Crippen LogP contribution in [0.2, 0.25) is 0 Å². The number of nitrogens with zero attached hydrogens (tertiary/aromatic N) is 3. The van der Waals surface area contributed by atoms with Crippen LogP contribution in [-0.4, -0.2) is 35.8 Å². The highest BCUT2D eigenvalue weighted by molar-refractivity contribution is 5.35. The fourth-order valence-electron chi connectivity index (χ4n) is 2.53. The number of aryl methyl sites for hydroxylation is 1. The maximum absolute atomic E-state index is 5.86.